The summed E-state index contributed by atoms with van der Waals surface area (Å²) in [5.41, 5.74) is 1.31. The van der Waals surface area contributed by atoms with Gasteiger partial charge in [0.25, 0.3) is 0 Å². The van der Waals surface area contributed by atoms with E-state index in [2.05, 4.69) is 53.8 Å². The third-order valence-corrected chi connectivity index (χ3v) is 5.54. The minimum absolute atomic E-state index is 0.0325. The van der Waals surface area contributed by atoms with E-state index >= 15 is 0 Å². The Labute approximate surface area is 134 Å². The van der Waals surface area contributed by atoms with Crippen LogP contribution in [0.5, 0.6) is 0 Å². The van der Waals surface area contributed by atoms with Crippen LogP contribution < -0.4 is 5.32 Å². The maximum Gasteiger partial charge on any atom is 0.0985 e. The summed E-state index contributed by atoms with van der Waals surface area (Å²) >= 11 is 1.83. The van der Waals surface area contributed by atoms with E-state index in [-0.39, 0.29) is 17.4 Å². The number of aliphatic hydroxyl groups excluding tert-OH is 1. The van der Waals surface area contributed by atoms with Gasteiger partial charge in [0.1, 0.15) is 0 Å². The van der Waals surface area contributed by atoms with Crippen LogP contribution in [0, 0.1) is 12.3 Å². The lowest BCUT2D eigenvalue weighted by Crippen LogP contribution is -2.23. The molecule has 0 amide bonds. The Morgan fingerprint density at radius 1 is 1.24 bits per heavy atom. The van der Waals surface area contributed by atoms with Gasteiger partial charge in [0, 0.05) is 22.9 Å². The average molecular weight is 313 g/mol. The van der Waals surface area contributed by atoms with Crippen molar-refractivity contribution in [2.45, 2.75) is 72.8 Å². The third-order valence-electron chi connectivity index (χ3n) is 3.78. The summed E-state index contributed by atoms with van der Waals surface area (Å²) < 4.78 is 0. The summed E-state index contributed by atoms with van der Waals surface area (Å²) in [6, 6.07) is 0.343. The number of nitrogens with one attached hydrogen (secondary N) is 1. The molecule has 0 bridgehead atoms. The molecule has 0 aliphatic carbocycles. The first-order valence-corrected chi connectivity index (χ1v) is 8.70. The van der Waals surface area contributed by atoms with Crippen LogP contribution in [0.25, 0.3) is 0 Å². The van der Waals surface area contributed by atoms with Gasteiger partial charge in [-0.1, -0.05) is 34.6 Å². The lowest BCUT2D eigenvalue weighted by atomic mass is 9.89. The van der Waals surface area contributed by atoms with Crippen molar-refractivity contribution in [1.29, 1.82) is 0 Å². The van der Waals surface area contributed by atoms with Crippen LogP contribution in [0.2, 0.25) is 0 Å². The molecule has 4 heteroatoms. The first-order chi connectivity index (χ1) is 9.57. The van der Waals surface area contributed by atoms with Crippen molar-refractivity contribution in [3.63, 3.8) is 0 Å². The second kappa shape index (κ2) is 7.21. The molecule has 122 valence electrons. The summed E-state index contributed by atoms with van der Waals surface area (Å²) in [7, 11) is 0. The Kier molecular flexibility index (Phi) is 6.38. The topological polar surface area (TPSA) is 45.2 Å². The second-order valence-electron chi connectivity index (χ2n) is 7.82. The van der Waals surface area contributed by atoms with Crippen molar-refractivity contribution in [3.8, 4) is 0 Å². The molecule has 0 fully saturated rings. The van der Waals surface area contributed by atoms with E-state index in [4.69, 9.17) is 4.98 Å². The molecule has 1 atom stereocenters. The Morgan fingerprint density at radius 3 is 2.33 bits per heavy atom. The Hall–Kier alpha value is -0.450. The number of hydrogen-bond acceptors (Lipinski definition) is 4. The minimum Gasteiger partial charge on any atom is -0.396 e. The van der Waals surface area contributed by atoms with E-state index in [9.17, 15) is 5.11 Å². The Balaban J connectivity index is 2.53. The van der Waals surface area contributed by atoms with Crippen LogP contribution in [-0.4, -0.2) is 23.2 Å². The molecule has 0 saturated heterocycles. The van der Waals surface area contributed by atoms with Gasteiger partial charge >= 0.3 is 0 Å². The lowest BCUT2D eigenvalue weighted by Gasteiger charge is -2.22. The predicted octanol–water partition coefficient (Wildman–Crippen LogP) is 4.20. The molecule has 1 unspecified atom stereocenters. The Morgan fingerprint density at radius 2 is 1.86 bits per heavy atom. The van der Waals surface area contributed by atoms with Crippen LogP contribution in [0.3, 0.4) is 0 Å². The maximum absolute atomic E-state index is 9.27. The number of rotatable bonds is 7. The molecule has 0 spiro atoms. The van der Waals surface area contributed by atoms with Crippen molar-refractivity contribution < 1.29 is 5.11 Å². The standard InChI is InChI=1S/C17H32N2OS/c1-12(18-10-8-9-17(6,7)11-20)14-13(2)19-15(21-14)16(3,4)5/h12,18,20H,8-11H2,1-7H3. The zero-order chi connectivity index (χ0) is 16.3. The first kappa shape index (κ1) is 18.6. The van der Waals surface area contributed by atoms with Crippen LogP contribution in [0.15, 0.2) is 0 Å². The van der Waals surface area contributed by atoms with Gasteiger partial charge in [-0.2, -0.15) is 0 Å². The molecule has 21 heavy (non-hydrogen) atoms. The highest BCUT2D eigenvalue weighted by Gasteiger charge is 2.22. The van der Waals surface area contributed by atoms with Gasteiger partial charge in [0.15, 0.2) is 0 Å². The zero-order valence-corrected chi connectivity index (χ0v) is 15.5. The van der Waals surface area contributed by atoms with Crippen LogP contribution in [-0.2, 0) is 5.41 Å². The average Bonchev–Trinajstić information content (AvgIpc) is 2.76. The first-order valence-electron chi connectivity index (χ1n) is 7.89. The molecule has 3 nitrogen and oxygen atoms in total. The summed E-state index contributed by atoms with van der Waals surface area (Å²) in [5, 5.41) is 14.1. The van der Waals surface area contributed by atoms with E-state index in [1.807, 2.05) is 11.3 Å². The van der Waals surface area contributed by atoms with E-state index in [1.54, 1.807) is 0 Å². The quantitative estimate of drug-likeness (QED) is 0.742. The van der Waals surface area contributed by atoms with Crippen LogP contribution >= 0.6 is 11.3 Å². The smallest absolute Gasteiger partial charge is 0.0985 e. The summed E-state index contributed by atoms with van der Waals surface area (Å²) in [4.78, 5) is 6.08. The molecule has 0 aliphatic heterocycles. The highest BCUT2D eigenvalue weighted by molar-refractivity contribution is 7.12. The number of thiazole rings is 1. The SMILES string of the molecule is Cc1nc(C(C)(C)C)sc1C(C)NCCCC(C)(C)CO. The van der Waals surface area contributed by atoms with Crippen LogP contribution in [0.4, 0.5) is 0 Å². The van der Waals surface area contributed by atoms with Gasteiger partial charge in [0.05, 0.1) is 10.7 Å². The molecular weight excluding hydrogens is 280 g/mol. The van der Waals surface area contributed by atoms with Gasteiger partial charge < -0.3 is 10.4 Å². The molecule has 1 heterocycles. The Bertz CT molecular complexity index is 446. The van der Waals surface area contributed by atoms with Gasteiger partial charge in [-0.25, -0.2) is 4.98 Å². The number of nitrogens with zero attached hydrogens (tertiary/aromatic N) is 1. The molecule has 0 aromatic carbocycles. The van der Waals surface area contributed by atoms with Crippen molar-refractivity contribution in [2.24, 2.45) is 5.41 Å². The summed E-state index contributed by atoms with van der Waals surface area (Å²) in [6.45, 7) is 16.4. The van der Waals surface area contributed by atoms with E-state index in [0.29, 0.717) is 6.04 Å². The second-order valence-corrected chi connectivity index (χ2v) is 8.85. The molecular formula is C17H32N2OS. The van der Waals surface area contributed by atoms with Crippen molar-refractivity contribution in [2.75, 3.05) is 13.2 Å². The fraction of sp³-hybridized carbons (Fsp3) is 0.824. The van der Waals surface area contributed by atoms with E-state index in [1.165, 1.54) is 9.88 Å². The van der Waals surface area contributed by atoms with Crippen LogP contribution in [0.1, 0.15) is 76.0 Å². The predicted molar refractivity (Wildman–Crippen MR) is 92.1 cm³/mol. The maximum atomic E-state index is 9.27. The highest BCUT2D eigenvalue weighted by atomic mass is 32.1. The summed E-state index contributed by atoms with van der Waals surface area (Å²) in [6.07, 6.45) is 2.13. The van der Waals surface area contributed by atoms with Gasteiger partial charge in [0.2, 0.25) is 0 Å². The van der Waals surface area contributed by atoms with E-state index < -0.39 is 0 Å². The van der Waals surface area contributed by atoms with Gasteiger partial charge in [-0.15, -0.1) is 11.3 Å². The zero-order valence-electron chi connectivity index (χ0n) is 14.7. The fourth-order valence-electron chi connectivity index (χ4n) is 2.19. The van der Waals surface area contributed by atoms with Crippen molar-refractivity contribution >= 4 is 11.3 Å². The van der Waals surface area contributed by atoms with Crippen molar-refractivity contribution in [1.82, 2.24) is 10.3 Å². The third kappa shape index (κ3) is 5.68. The molecule has 1 aromatic rings. The number of hydrogen-bond donors (Lipinski definition) is 2. The fourth-order valence-corrected chi connectivity index (χ4v) is 3.34. The molecule has 0 saturated carbocycles. The molecule has 2 N–H and O–H groups in total. The van der Waals surface area contributed by atoms with Gasteiger partial charge in [-0.05, 0) is 38.6 Å². The number of aliphatic hydroxyl groups is 1. The highest BCUT2D eigenvalue weighted by Crippen LogP contribution is 2.32. The minimum atomic E-state index is 0.0325. The molecule has 0 radical (unpaired) electrons. The van der Waals surface area contributed by atoms with Gasteiger partial charge in [-0.3, -0.25) is 0 Å². The number of aryl methyl sites for hydroxylation is 1. The lowest BCUT2D eigenvalue weighted by molar-refractivity contribution is 0.147. The number of aromatic nitrogens is 1. The molecule has 1 rings (SSSR count). The monoisotopic (exact) mass is 312 g/mol. The molecule has 0 aliphatic rings. The van der Waals surface area contributed by atoms with E-state index in [0.717, 1.165) is 25.1 Å². The summed E-state index contributed by atoms with van der Waals surface area (Å²) in [5.74, 6) is 0. The van der Waals surface area contributed by atoms with Crippen molar-refractivity contribution in [3.05, 3.63) is 15.6 Å². The normalized spacial score (nSPS) is 14.5. The largest absolute Gasteiger partial charge is 0.396 e. The molecule has 1 aromatic heterocycles.